The Labute approximate surface area is 129 Å². The molecule has 0 unspecified atom stereocenters. The minimum Gasteiger partial charge on any atom is -0.428 e. The maximum absolute atomic E-state index is 11.8. The maximum atomic E-state index is 11.8. The number of nitrogens with one attached hydrogen (secondary N) is 2. The Morgan fingerprint density at radius 1 is 0.913 bits per heavy atom. The zero-order valence-corrected chi connectivity index (χ0v) is 11.7. The van der Waals surface area contributed by atoms with Gasteiger partial charge < -0.3 is 4.74 Å². The first kappa shape index (κ1) is 14.5. The van der Waals surface area contributed by atoms with Gasteiger partial charge in [0.25, 0.3) is 18.3 Å². The van der Waals surface area contributed by atoms with Crippen molar-refractivity contribution in [2.45, 2.75) is 0 Å². The van der Waals surface area contributed by atoms with Gasteiger partial charge in [-0.3, -0.25) is 25.0 Å². The standard InChI is InChI=1S/C16H10N2O5/c19-8-23-12-6-2-4-9-3-1-5-10(13(9)12)7-11-14(20)17-16(22)18-15(11)21/h1-8H,(H2,17,18,20,21,22). The van der Waals surface area contributed by atoms with E-state index in [1.165, 1.54) is 6.08 Å². The fourth-order valence-electron chi connectivity index (χ4n) is 2.37. The smallest absolute Gasteiger partial charge is 0.328 e. The predicted octanol–water partition coefficient (Wildman–Crippen LogP) is 1.12. The summed E-state index contributed by atoms with van der Waals surface area (Å²) in [6.07, 6.45) is 1.34. The molecule has 0 aromatic heterocycles. The van der Waals surface area contributed by atoms with E-state index in [1.54, 1.807) is 36.4 Å². The van der Waals surface area contributed by atoms with Gasteiger partial charge in [-0.25, -0.2) is 4.79 Å². The first-order chi connectivity index (χ1) is 11.1. The number of urea groups is 1. The predicted molar refractivity (Wildman–Crippen MR) is 80.3 cm³/mol. The van der Waals surface area contributed by atoms with Crippen LogP contribution in [0.2, 0.25) is 0 Å². The van der Waals surface area contributed by atoms with E-state index >= 15 is 0 Å². The van der Waals surface area contributed by atoms with Crippen molar-refractivity contribution in [3.63, 3.8) is 0 Å². The summed E-state index contributed by atoms with van der Waals surface area (Å²) in [6.45, 7) is 0.303. The molecule has 1 aliphatic rings. The Hall–Kier alpha value is -3.48. The quantitative estimate of drug-likeness (QED) is 0.502. The molecule has 0 aliphatic carbocycles. The molecule has 0 atom stereocenters. The number of benzene rings is 2. The highest BCUT2D eigenvalue weighted by Crippen LogP contribution is 2.30. The molecule has 0 spiro atoms. The number of imide groups is 2. The van der Waals surface area contributed by atoms with Crippen LogP contribution >= 0.6 is 0 Å². The normalized spacial score (nSPS) is 14.3. The second-order valence-corrected chi connectivity index (χ2v) is 4.71. The summed E-state index contributed by atoms with van der Waals surface area (Å²) in [5.74, 6) is -1.27. The van der Waals surface area contributed by atoms with Gasteiger partial charge in [0.1, 0.15) is 11.3 Å². The van der Waals surface area contributed by atoms with Gasteiger partial charge in [-0.05, 0) is 23.1 Å². The Morgan fingerprint density at radius 2 is 1.57 bits per heavy atom. The van der Waals surface area contributed by atoms with Crippen molar-refractivity contribution in [2.24, 2.45) is 0 Å². The van der Waals surface area contributed by atoms with Gasteiger partial charge in [0.15, 0.2) is 0 Å². The SMILES string of the molecule is O=COc1cccc2cccc(C=C3C(=O)NC(=O)NC3=O)c12. The molecule has 23 heavy (non-hydrogen) atoms. The third-order valence-electron chi connectivity index (χ3n) is 3.32. The van der Waals surface area contributed by atoms with Crippen LogP contribution in [0, 0.1) is 0 Å². The van der Waals surface area contributed by atoms with Crippen LogP contribution in [-0.2, 0) is 14.4 Å². The molecule has 1 saturated heterocycles. The van der Waals surface area contributed by atoms with Crippen LogP contribution < -0.4 is 15.4 Å². The molecular formula is C16H10N2O5. The van der Waals surface area contributed by atoms with E-state index in [0.29, 0.717) is 23.2 Å². The summed E-state index contributed by atoms with van der Waals surface area (Å²) in [4.78, 5) is 45.4. The van der Waals surface area contributed by atoms with Gasteiger partial charge in [-0.2, -0.15) is 0 Å². The Morgan fingerprint density at radius 3 is 2.22 bits per heavy atom. The largest absolute Gasteiger partial charge is 0.428 e. The second-order valence-electron chi connectivity index (χ2n) is 4.71. The number of fused-ring (bicyclic) bond motifs is 1. The van der Waals surface area contributed by atoms with Crippen molar-refractivity contribution in [3.8, 4) is 5.75 Å². The average molecular weight is 310 g/mol. The van der Waals surface area contributed by atoms with Gasteiger partial charge in [0, 0.05) is 5.39 Å². The minimum absolute atomic E-state index is 0.210. The second kappa shape index (κ2) is 5.72. The molecule has 1 aliphatic heterocycles. The highest BCUT2D eigenvalue weighted by Gasteiger charge is 2.27. The summed E-state index contributed by atoms with van der Waals surface area (Å²) < 4.78 is 4.95. The van der Waals surface area contributed by atoms with Crippen molar-refractivity contribution in [1.82, 2.24) is 10.6 Å². The Bertz CT molecular complexity index is 858. The van der Waals surface area contributed by atoms with Crippen molar-refractivity contribution < 1.29 is 23.9 Å². The zero-order chi connectivity index (χ0) is 16.4. The Kier molecular flexibility index (Phi) is 3.60. The molecule has 2 N–H and O–H groups in total. The number of amides is 4. The maximum Gasteiger partial charge on any atom is 0.328 e. The van der Waals surface area contributed by atoms with E-state index < -0.39 is 17.8 Å². The van der Waals surface area contributed by atoms with Gasteiger partial charge in [-0.15, -0.1) is 0 Å². The third kappa shape index (κ3) is 2.67. The molecule has 1 heterocycles. The summed E-state index contributed by atoms with van der Waals surface area (Å²) in [5.41, 5.74) is 0.299. The topological polar surface area (TPSA) is 102 Å². The zero-order valence-electron chi connectivity index (χ0n) is 11.7. The van der Waals surface area contributed by atoms with Gasteiger partial charge in [-0.1, -0.05) is 30.3 Å². The monoisotopic (exact) mass is 310 g/mol. The van der Waals surface area contributed by atoms with Crippen LogP contribution in [0.4, 0.5) is 4.79 Å². The van der Waals surface area contributed by atoms with E-state index in [-0.39, 0.29) is 5.57 Å². The highest BCUT2D eigenvalue weighted by atomic mass is 16.5. The molecule has 1 fully saturated rings. The molecule has 7 heteroatoms. The van der Waals surface area contributed by atoms with E-state index in [9.17, 15) is 19.2 Å². The molecule has 0 radical (unpaired) electrons. The minimum atomic E-state index is -0.861. The van der Waals surface area contributed by atoms with Crippen molar-refractivity contribution in [2.75, 3.05) is 0 Å². The lowest BCUT2D eigenvalue weighted by Crippen LogP contribution is -2.51. The molecule has 7 nitrogen and oxygen atoms in total. The molecule has 2 aromatic carbocycles. The molecular weight excluding hydrogens is 300 g/mol. The fraction of sp³-hybridized carbons (Fsp3) is 0. The van der Waals surface area contributed by atoms with Gasteiger partial charge >= 0.3 is 6.03 Å². The van der Waals surface area contributed by atoms with Crippen LogP contribution in [0.3, 0.4) is 0 Å². The van der Waals surface area contributed by atoms with Crippen LogP contribution in [0.15, 0.2) is 42.0 Å². The van der Waals surface area contributed by atoms with Crippen molar-refractivity contribution in [1.29, 1.82) is 0 Å². The van der Waals surface area contributed by atoms with Gasteiger partial charge in [0.05, 0.1) is 0 Å². The van der Waals surface area contributed by atoms with E-state index in [1.807, 2.05) is 10.6 Å². The van der Waals surface area contributed by atoms with Crippen molar-refractivity contribution >= 4 is 41.2 Å². The molecule has 3 rings (SSSR count). The molecule has 4 amide bonds. The lowest BCUT2D eigenvalue weighted by molar-refractivity contribution is -0.124. The van der Waals surface area contributed by atoms with Crippen LogP contribution in [0.25, 0.3) is 16.8 Å². The summed E-state index contributed by atoms with van der Waals surface area (Å²) in [7, 11) is 0. The van der Waals surface area contributed by atoms with Crippen molar-refractivity contribution in [3.05, 3.63) is 47.5 Å². The number of rotatable bonds is 3. The average Bonchev–Trinajstić information content (AvgIpc) is 2.51. The van der Waals surface area contributed by atoms with E-state index in [0.717, 1.165) is 5.39 Å². The molecule has 0 saturated carbocycles. The fourth-order valence-corrected chi connectivity index (χ4v) is 2.37. The Balaban J connectivity index is 2.18. The molecule has 114 valence electrons. The first-order valence-electron chi connectivity index (χ1n) is 6.60. The molecule has 0 bridgehead atoms. The first-order valence-corrected chi connectivity index (χ1v) is 6.60. The van der Waals surface area contributed by atoms with Crippen LogP contribution in [0.5, 0.6) is 5.75 Å². The highest BCUT2D eigenvalue weighted by molar-refractivity contribution is 6.31. The number of hydrogen-bond acceptors (Lipinski definition) is 5. The van der Waals surface area contributed by atoms with Crippen LogP contribution in [-0.4, -0.2) is 24.3 Å². The third-order valence-corrected chi connectivity index (χ3v) is 3.32. The van der Waals surface area contributed by atoms with E-state index in [2.05, 4.69) is 0 Å². The lowest BCUT2D eigenvalue weighted by Gasteiger charge is -2.14. The molecule has 2 aromatic rings. The summed E-state index contributed by atoms with van der Waals surface area (Å²) in [6, 6.07) is 9.48. The lowest BCUT2D eigenvalue weighted by atomic mass is 10.0. The summed E-state index contributed by atoms with van der Waals surface area (Å²) in [5, 5.41) is 5.35. The van der Waals surface area contributed by atoms with Gasteiger partial charge in [0.2, 0.25) is 0 Å². The summed E-state index contributed by atoms with van der Waals surface area (Å²) >= 11 is 0. The number of carbonyl (C=O) groups excluding carboxylic acids is 4. The van der Waals surface area contributed by atoms with E-state index in [4.69, 9.17) is 4.74 Å². The number of barbiturate groups is 1. The number of ether oxygens (including phenoxy) is 1. The number of carbonyl (C=O) groups is 4. The number of hydrogen-bond donors (Lipinski definition) is 2. The van der Waals surface area contributed by atoms with Crippen LogP contribution in [0.1, 0.15) is 5.56 Å².